The maximum Gasteiger partial charge on any atom is 0.291 e. The van der Waals surface area contributed by atoms with Crippen LogP contribution in [0.2, 0.25) is 10.0 Å². The van der Waals surface area contributed by atoms with Gasteiger partial charge in [-0.25, -0.2) is 9.98 Å². The Balaban J connectivity index is 1.26. The van der Waals surface area contributed by atoms with E-state index in [1.54, 1.807) is 12.3 Å². The zero-order chi connectivity index (χ0) is 16.8. The molecule has 2 saturated heterocycles. The molecular formula is C18H16Cl2N4O. The number of rotatable bonds is 1. The fraction of sp³-hybridized carbons (Fsp3) is 0.444. The Morgan fingerprint density at radius 2 is 2.24 bits per heavy atom. The summed E-state index contributed by atoms with van der Waals surface area (Å²) in [6.07, 6.45) is 4.36. The maximum atomic E-state index is 6.32. The SMILES string of the molecule is Clc1ccc2cnc(NC3=NC[C@@]4(CN5CCC56CC64)O3)cc2c1Cl. The highest BCUT2D eigenvalue weighted by atomic mass is 35.5. The van der Waals surface area contributed by atoms with Crippen LogP contribution in [0.4, 0.5) is 5.82 Å². The first-order valence-electron chi connectivity index (χ1n) is 8.59. The molecule has 1 N–H and O–H groups in total. The number of ether oxygens (including phenoxy) is 1. The number of nitrogens with one attached hydrogen (secondary N) is 1. The second-order valence-corrected chi connectivity index (χ2v) is 8.38. The molecule has 2 aromatic rings. The van der Waals surface area contributed by atoms with Crippen molar-refractivity contribution in [3.05, 3.63) is 34.4 Å². The predicted molar refractivity (Wildman–Crippen MR) is 98.5 cm³/mol. The van der Waals surface area contributed by atoms with Gasteiger partial charge in [-0.1, -0.05) is 29.3 Å². The number of anilines is 1. The fourth-order valence-electron chi connectivity index (χ4n) is 4.95. The van der Waals surface area contributed by atoms with Crippen LogP contribution >= 0.6 is 23.2 Å². The van der Waals surface area contributed by atoms with Crippen LogP contribution in [0.3, 0.4) is 0 Å². The Morgan fingerprint density at radius 1 is 1.32 bits per heavy atom. The topological polar surface area (TPSA) is 49.8 Å². The van der Waals surface area contributed by atoms with Gasteiger partial charge in [0, 0.05) is 41.5 Å². The Bertz CT molecular complexity index is 963. The number of amidine groups is 1. The zero-order valence-electron chi connectivity index (χ0n) is 13.4. The van der Waals surface area contributed by atoms with Gasteiger partial charge in [0.1, 0.15) is 11.4 Å². The minimum absolute atomic E-state index is 0.128. The van der Waals surface area contributed by atoms with Crippen molar-refractivity contribution in [1.29, 1.82) is 0 Å². The molecule has 0 amide bonds. The van der Waals surface area contributed by atoms with E-state index < -0.39 is 0 Å². The normalized spacial score (nSPS) is 35.1. The number of hydrogen-bond donors (Lipinski definition) is 1. The summed E-state index contributed by atoms with van der Waals surface area (Å²) in [6, 6.07) is 6.15. The van der Waals surface area contributed by atoms with Gasteiger partial charge in [-0.2, -0.15) is 0 Å². The van der Waals surface area contributed by atoms with Crippen LogP contribution in [0.15, 0.2) is 29.4 Å². The van der Waals surface area contributed by atoms with Crippen molar-refractivity contribution < 1.29 is 4.74 Å². The minimum atomic E-state index is -0.128. The second-order valence-electron chi connectivity index (χ2n) is 7.60. The molecule has 2 unspecified atom stereocenters. The molecule has 1 aliphatic carbocycles. The molecule has 25 heavy (non-hydrogen) atoms. The zero-order valence-corrected chi connectivity index (χ0v) is 14.9. The molecule has 6 rings (SSSR count). The fourth-order valence-corrected chi connectivity index (χ4v) is 5.34. The smallest absolute Gasteiger partial charge is 0.291 e. The summed E-state index contributed by atoms with van der Waals surface area (Å²) < 4.78 is 6.31. The van der Waals surface area contributed by atoms with Crippen LogP contribution < -0.4 is 5.32 Å². The lowest BCUT2D eigenvalue weighted by molar-refractivity contribution is 0.0433. The van der Waals surface area contributed by atoms with Crippen LogP contribution in [-0.2, 0) is 4.74 Å². The molecule has 3 atom stereocenters. The van der Waals surface area contributed by atoms with E-state index in [1.807, 2.05) is 12.1 Å². The first kappa shape index (κ1) is 14.6. The van der Waals surface area contributed by atoms with E-state index >= 15 is 0 Å². The maximum absolute atomic E-state index is 6.32. The van der Waals surface area contributed by atoms with Crippen LogP contribution in [-0.4, -0.2) is 46.7 Å². The first-order valence-corrected chi connectivity index (χ1v) is 9.35. The van der Waals surface area contributed by atoms with Crippen LogP contribution in [0, 0.1) is 5.92 Å². The molecular weight excluding hydrogens is 359 g/mol. The summed E-state index contributed by atoms with van der Waals surface area (Å²) >= 11 is 12.4. The average molecular weight is 375 g/mol. The quantitative estimate of drug-likeness (QED) is 0.828. The number of fused-ring (bicyclic) bond motifs is 2. The molecule has 1 saturated carbocycles. The number of halogens is 2. The van der Waals surface area contributed by atoms with Crippen molar-refractivity contribution in [2.24, 2.45) is 10.9 Å². The van der Waals surface area contributed by atoms with Gasteiger partial charge in [0.2, 0.25) is 0 Å². The van der Waals surface area contributed by atoms with Crippen LogP contribution in [0.1, 0.15) is 12.8 Å². The standard InChI is InChI=1S/C18H16Cl2N4O/c19-12-2-1-10-7-21-14(5-11(10)15(12)20)23-16-22-8-18(25-16)9-24-4-3-17(24)6-13(17)18/h1-2,5,7,13H,3-4,6,8-9H2,(H,21,22,23)/t13?,17?,18-/m0/s1. The average Bonchev–Trinajstić information content (AvgIpc) is 3.24. The van der Waals surface area contributed by atoms with Gasteiger partial charge in [0.25, 0.3) is 6.02 Å². The van der Waals surface area contributed by atoms with Crippen molar-refractivity contribution in [2.45, 2.75) is 24.0 Å². The summed E-state index contributed by atoms with van der Waals surface area (Å²) in [6.45, 7) is 2.94. The molecule has 3 aliphatic heterocycles. The van der Waals surface area contributed by atoms with Gasteiger partial charge in [0.15, 0.2) is 0 Å². The van der Waals surface area contributed by atoms with E-state index in [2.05, 4.69) is 20.2 Å². The molecule has 2 spiro atoms. The Morgan fingerprint density at radius 3 is 2.96 bits per heavy atom. The number of aliphatic imine (C=N–C) groups is 1. The third-order valence-corrected chi connectivity index (χ3v) is 7.22. The Labute approximate surface area is 155 Å². The summed E-state index contributed by atoms with van der Waals surface area (Å²) in [4.78, 5) is 11.6. The summed E-state index contributed by atoms with van der Waals surface area (Å²) in [5.41, 5.74) is 0.326. The highest BCUT2D eigenvalue weighted by Crippen LogP contribution is 2.67. The molecule has 0 bridgehead atoms. The monoisotopic (exact) mass is 374 g/mol. The van der Waals surface area contributed by atoms with E-state index in [0.29, 0.717) is 33.3 Å². The summed E-state index contributed by atoms with van der Waals surface area (Å²) in [7, 11) is 0. The molecule has 4 heterocycles. The number of aromatic nitrogens is 1. The van der Waals surface area contributed by atoms with Gasteiger partial charge >= 0.3 is 0 Å². The van der Waals surface area contributed by atoms with Gasteiger partial charge in [-0.3, -0.25) is 10.2 Å². The molecule has 1 aromatic carbocycles. The largest absolute Gasteiger partial charge is 0.455 e. The Kier molecular flexibility index (Phi) is 2.68. The van der Waals surface area contributed by atoms with Gasteiger partial charge in [-0.15, -0.1) is 0 Å². The van der Waals surface area contributed by atoms with Gasteiger partial charge in [-0.05, 0) is 25.0 Å². The van der Waals surface area contributed by atoms with Crippen molar-refractivity contribution in [2.75, 3.05) is 25.0 Å². The molecule has 0 radical (unpaired) electrons. The van der Waals surface area contributed by atoms with E-state index in [1.165, 1.54) is 19.4 Å². The lowest BCUT2D eigenvalue weighted by Crippen LogP contribution is -2.49. The summed E-state index contributed by atoms with van der Waals surface area (Å²) in [5.74, 6) is 1.30. The van der Waals surface area contributed by atoms with Crippen molar-refractivity contribution >= 4 is 45.8 Å². The second kappa shape index (κ2) is 4.58. The number of hydrogen-bond acceptors (Lipinski definition) is 5. The van der Waals surface area contributed by atoms with Crippen LogP contribution in [0.25, 0.3) is 10.8 Å². The van der Waals surface area contributed by atoms with E-state index in [9.17, 15) is 0 Å². The highest BCUT2D eigenvalue weighted by molar-refractivity contribution is 6.45. The molecule has 5 nitrogen and oxygen atoms in total. The number of benzene rings is 1. The Hall–Kier alpha value is -1.56. The lowest BCUT2D eigenvalue weighted by Gasteiger charge is -2.39. The number of pyridine rings is 1. The third-order valence-electron chi connectivity index (χ3n) is 6.40. The number of piperidine rings is 1. The van der Waals surface area contributed by atoms with Gasteiger partial charge < -0.3 is 4.74 Å². The third kappa shape index (κ3) is 1.84. The lowest BCUT2D eigenvalue weighted by atomic mass is 9.98. The van der Waals surface area contributed by atoms with E-state index in [4.69, 9.17) is 27.9 Å². The predicted octanol–water partition coefficient (Wildman–Crippen LogP) is 3.56. The molecule has 128 valence electrons. The van der Waals surface area contributed by atoms with Gasteiger partial charge in [0.05, 0.1) is 16.6 Å². The highest BCUT2D eigenvalue weighted by Gasteiger charge is 2.77. The molecule has 3 fully saturated rings. The van der Waals surface area contributed by atoms with Crippen molar-refractivity contribution in [3.63, 3.8) is 0 Å². The molecule has 7 heteroatoms. The van der Waals surface area contributed by atoms with Crippen molar-refractivity contribution in [1.82, 2.24) is 9.88 Å². The minimum Gasteiger partial charge on any atom is -0.455 e. The summed E-state index contributed by atoms with van der Waals surface area (Å²) in [5, 5.41) is 6.10. The number of nitrogens with zero attached hydrogens (tertiary/aromatic N) is 3. The van der Waals surface area contributed by atoms with E-state index in [0.717, 1.165) is 23.9 Å². The van der Waals surface area contributed by atoms with Crippen molar-refractivity contribution in [3.8, 4) is 0 Å². The van der Waals surface area contributed by atoms with E-state index in [-0.39, 0.29) is 5.60 Å². The molecule has 4 aliphatic rings. The first-order chi connectivity index (χ1) is 12.1. The molecule has 1 aromatic heterocycles. The van der Waals surface area contributed by atoms with Crippen LogP contribution in [0.5, 0.6) is 0 Å².